The average molecular weight is 508 g/mol. The largest absolute Gasteiger partial charge is 0.357 e. The maximum Gasteiger partial charge on any atom is 0.264 e. The van der Waals surface area contributed by atoms with Gasteiger partial charge in [-0.25, -0.2) is 8.42 Å². The minimum absolute atomic E-state index is 0.0907. The standard InChI is InChI=1S/C28H33N3O4S/c1-21-15-16-26(22(2)19-21)31(36(34,35)25-13-9-6-10-14-25)20-27(32)30(23(3)28(33)29-4)18-17-24-11-7-5-8-12-24/h5-16,19,23H,17-18,20H2,1-4H3,(H,29,33). The zero-order valence-corrected chi connectivity index (χ0v) is 22.0. The molecule has 7 nitrogen and oxygen atoms in total. The van der Waals surface area contributed by atoms with Crippen LogP contribution in [-0.2, 0) is 26.0 Å². The molecule has 3 aromatic rings. The lowest BCUT2D eigenvalue weighted by atomic mass is 10.1. The van der Waals surface area contributed by atoms with Crippen LogP contribution in [0.4, 0.5) is 5.69 Å². The molecule has 0 aliphatic heterocycles. The van der Waals surface area contributed by atoms with Crippen molar-refractivity contribution in [3.8, 4) is 0 Å². The third-order valence-corrected chi connectivity index (χ3v) is 7.90. The fraction of sp³-hybridized carbons (Fsp3) is 0.286. The number of aryl methyl sites for hydroxylation is 2. The van der Waals surface area contributed by atoms with Gasteiger partial charge >= 0.3 is 0 Å². The zero-order valence-electron chi connectivity index (χ0n) is 21.1. The molecule has 2 amide bonds. The van der Waals surface area contributed by atoms with E-state index in [1.54, 1.807) is 31.2 Å². The summed E-state index contributed by atoms with van der Waals surface area (Å²) in [7, 11) is -2.54. The highest BCUT2D eigenvalue weighted by Gasteiger charge is 2.32. The molecule has 1 N–H and O–H groups in total. The first-order chi connectivity index (χ1) is 17.1. The molecule has 0 saturated carbocycles. The Morgan fingerprint density at radius 3 is 2.11 bits per heavy atom. The van der Waals surface area contributed by atoms with E-state index < -0.39 is 28.5 Å². The van der Waals surface area contributed by atoms with Crippen molar-refractivity contribution >= 4 is 27.5 Å². The van der Waals surface area contributed by atoms with Crippen LogP contribution in [0.3, 0.4) is 0 Å². The highest BCUT2D eigenvalue weighted by molar-refractivity contribution is 7.92. The Kier molecular flexibility index (Phi) is 8.88. The number of carbonyl (C=O) groups excluding carboxylic acids is 2. The molecule has 0 fully saturated rings. The molecule has 8 heteroatoms. The zero-order chi connectivity index (χ0) is 26.3. The minimum atomic E-state index is -4.05. The van der Waals surface area contributed by atoms with Crippen LogP contribution in [0.2, 0.25) is 0 Å². The second-order valence-corrected chi connectivity index (χ2v) is 10.6. The van der Waals surface area contributed by atoms with Gasteiger partial charge < -0.3 is 10.2 Å². The fourth-order valence-electron chi connectivity index (χ4n) is 4.10. The Morgan fingerprint density at radius 2 is 1.53 bits per heavy atom. The Balaban J connectivity index is 1.99. The van der Waals surface area contributed by atoms with Gasteiger partial charge in [-0.3, -0.25) is 13.9 Å². The molecule has 0 aliphatic rings. The van der Waals surface area contributed by atoms with E-state index in [-0.39, 0.29) is 17.3 Å². The lowest BCUT2D eigenvalue weighted by Gasteiger charge is -2.32. The third-order valence-electron chi connectivity index (χ3n) is 6.13. The van der Waals surface area contributed by atoms with Gasteiger partial charge in [0.25, 0.3) is 10.0 Å². The number of carbonyl (C=O) groups is 2. The molecule has 0 aliphatic carbocycles. The molecule has 0 spiro atoms. The predicted molar refractivity (Wildman–Crippen MR) is 142 cm³/mol. The number of nitrogens with one attached hydrogen (secondary N) is 1. The first-order valence-electron chi connectivity index (χ1n) is 11.8. The maximum atomic E-state index is 13.7. The highest BCUT2D eigenvalue weighted by Crippen LogP contribution is 2.28. The molecule has 0 aromatic heterocycles. The van der Waals surface area contributed by atoms with Crippen LogP contribution >= 0.6 is 0 Å². The van der Waals surface area contributed by atoms with E-state index in [9.17, 15) is 18.0 Å². The summed E-state index contributed by atoms with van der Waals surface area (Å²) < 4.78 is 28.6. The van der Waals surface area contributed by atoms with E-state index >= 15 is 0 Å². The van der Waals surface area contributed by atoms with Crippen molar-refractivity contribution in [2.75, 3.05) is 24.4 Å². The fourth-order valence-corrected chi connectivity index (χ4v) is 5.60. The van der Waals surface area contributed by atoms with Crippen LogP contribution in [0.1, 0.15) is 23.6 Å². The molecule has 36 heavy (non-hydrogen) atoms. The van der Waals surface area contributed by atoms with Gasteiger partial charge in [-0.05, 0) is 56.5 Å². The van der Waals surface area contributed by atoms with Gasteiger partial charge in [-0.15, -0.1) is 0 Å². The minimum Gasteiger partial charge on any atom is -0.357 e. The van der Waals surface area contributed by atoms with Crippen LogP contribution in [-0.4, -0.2) is 51.3 Å². The second-order valence-electron chi connectivity index (χ2n) is 8.73. The maximum absolute atomic E-state index is 13.7. The Bertz CT molecular complexity index is 1290. The number of sulfonamides is 1. The van der Waals surface area contributed by atoms with Crippen LogP contribution < -0.4 is 9.62 Å². The van der Waals surface area contributed by atoms with E-state index in [1.165, 1.54) is 24.1 Å². The van der Waals surface area contributed by atoms with Crippen LogP contribution in [0.25, 0.3) is 0 Å². The smallest absolute Gasteiger partial charge is 0.264 e. The molecule has 190 valence electrons. The van der Waals surface area contributed by atoms with E-state index in [4.69, 9.17) is 0 Å². The average Bonchev–Trinajstić information content (AvgIpc) is 2.88. The van der Waals surface area contributed by atoms with Crippen molar-refractivity contribution in [3.63, 3.8) is 0 Å². The summed E-state index contributed by atoms with van der Waals surface area (Å²) in [6.07, 6.45) is 0.531. The van der Waals surface area contributed by atoms with Crippen LogP contribution in [0, 0.1) is 13.8 Å². The first-order valence-corrected chi connectivity index (χ1v) is 13.3. The Labute approximate surface area is 213 Å². The Hall–Kier alpha value is -3.65. The van der Waals surface area contributed by atoms with Gasteiger partial charge in [0.2, 0.25) is 11.8 Å². The van der Waals surface area contributed by atoms with Crippen molar-refractivity contribution in [1.29, 1.82) is 0 Å². The second kappa shape index (κ2) is 11.9. The number of amides is 2. The van der Waals surface area contributed by atoms with E-state index in [2.05, 4.69) is 5.32 Å². The van der Waals surface area contributed by atoms with Gasteiger partial charge in [0, 0.05) is 13.6 Å². The molecule has 1 atom stereocenters. The van der Waals surface area contributed by atoms with Crippen molar-refractivity contribution in [1.82, 2.24) is 10.2 Å². The van der Waals surface area contributed by atoms with E-state index in [1.807, 2.05) is 56.3 Å². The Morgan fingerprint density at radius 1 is 0.917 bits per heavy atom. The molecule has 0 heterocycles. The number of hydrogen-bond acceptors (Lipinski definition) is 4. The summed E-state index contributed by atoms with van der Waals surface area (Å²) >= 11 is 0. The summed E-state index contributed by atoms with van der Waals surface area (Å²) in [6.45, 7) is 5.23. The van der Waals surface area contributed by atoms with E-state index in [0.29, 0.717) is 12.1 Å². The third kappa shape index (κ3) is 6.31. The number of hydrogen-bond donors (Lipinski definition) is 1. The van der Waals surface area contributed by atoms with Gasteiger partial charge in [0.05, 0.1) is 10.6 Å². The predicted octanol–water partition coefficient (Wildman–Crippen LogP) is 3.70. The summed E-state index contributed by atoms with van der Waals surface area (Å²) in [5.74, 6) is -0.776. The van der Waals surface area contributed by atoms with Crippen LogP contribution in [0.15, 0.2) is 83.8 Å². The normalized spacial score (nSPS) is 12.0. The number of nitrogens with zero attached hydrogens (tertiary/aromatic N) is 2. The van der Waals surface area contributed by atoms with Crippen molar-refractivity contribution in [2.45, 2.75) is 38.1 Å². The topological polar surface area (TPSA) is 86.8 Å². The SMILES string of the molecule is CNC(=O)C(C)N(CCc1ccccc1)C(=O)CN(c1ccc(C)cc1C)S(=O)(=O)c1ccccc1. The molecule has 1 unspecified atom stereocenters. The lowest BCUT2D eigenvalue weighted by molar-refractivity contribution is -0.138. The summed E-state index contributed by atoms with van der Waals surface area (Å²) in [5, 5.41) is 2.59. The van der Waals surface area contributed by atoms with Crippen LogP contribution in [0.5, 0.6) is 0 Å². The van der Waals surface area contributed by atoms with Gasteiger partial charge in [0.15, 0.2) is 0 Å². The molecule has 0 bridgehead atoms. The lowest BCUT2D eigenvalue weighted by Crippen LogP contribution is -2.51. The summed E-state index contributed by atoms with van der Waals surface area (Å²) in [6, 6.07) is 22.4. The van der Waals surface area contributed by atoms with Gasteiger partial charge in [-0.2, -0.15) is 0 Å². The van der Waals surface area contributed by atoms with Gasteiger partial charge in [0.1, 0.15) is 12.6 Å². The van der Waals surface area contributed by atoms with Crippen molar-refractivity contribution in [3.05, 3.63) is 95.6 Å². The van der Waals surface area contributed by atoms with E-state index in [0.717, 1.165) is 21.0 Å². The summed E-state index contributed by atoms with van der Waals surface area (Å²) in [4.78, 5) is 27.7. The van der Waals surface area contributed by atoms with Crippen molar-refractivity contribution in [2.24, 2.45) is 0 Å². The number of likely N-dealkylation sites (N-methyl/N-ethyl adjacent to an activating group) is 1. The monoisotopic (exact) mass is 507 g/mol. The number of benzene rings is 3. The molecular weight excluding hydrogens is 474 g/mol. The molecule has 0 saturated heterocycles. The first kappa shape index (κ1) is 26.9. The number of anilines is 1. The molecule has 3 rings (SSSR count). The van der Waals surface area contributed by atoms with Gasteiger partial charge in [-0.1, -0.05) is 66.2 Å². The summed E-state index contributed by atoms with van der Waals surface area (Å²) in [5.41, 5.74) is 3.16. The molecule has 3 aromatic carbocycles. The molecule has 0 radical (unpaired) electrons. The van der Waals surface area contributed by atoms with Crippen molar-refractivity contribution < 1.29 is 18.0 Å². The quantitative estimate of drug-likeness (QED) is 0.453. The molecular formula is C28H33N3O4S. The number of rotatable bonds is 10. The highest BCUT2D eigenvalue weighted by atomic mass is 32.2.